The Hall–Kier alpha value is -1.63. The summed E-state index contributed by atoms with van der Waals surface area (Å²) >= 11 is 6.31. The molecule has 2 aliphatic rings. The predicted octanol–water partition coefficient (Wildman–Crippen LogP) is 5.17. The zero-order chi connectivity index (χ0) is 25.3. The van der Waals surface area contributed by atoms with E-state index in [4.69, 9.17) is 16.3 Å². The van der Waals surface area contributed by atoms with Crippen molar-refractivity contribution in [3.8, 4) is 0 Å². The molecular formula is C27H41ClN2O4. The van der Waals surface area contributed by atoms with Gasteiger partial charge in [0.2, 0.25) is 0 Å². The van der Waals surface area contributed by atoms with Crippen molar-refractivity contribution in [3.63, 3.8) is 0 Å². The Balaban J connectivity index is 1.94. The van der Waals surface area contributed by atoms with Gasteiger partial charge in [-0.25, -0.2) is 4.79 Å². The molecule has 1 aromatic rings. The van der Waals surface area contributed by atoms with Crippen LogP contribution in [0.15, 0.2) is 24.3 Å². The van der Waals surface area contributed by atoms with Crippen LogP contribution in [0.1, 0.15) is 78.7 Å². The van der Waals surface area contributed by atoms with E-state index in [1.165, 1.54) is 4.90 Å². The minimum absolute atomic E-state index is 0.150. The molecule has 1 aromatic carbocycles. The van der Waals surface area contributed by atoms with Crippen molar-refractivity contribution in [1.82, 2.24) is 10.2 Å². The molecule has 0 bridgehead atoms. The van der Waals surface area contributed by atoms with Gasteiger partial charge < -0.3 is 15.2 Å². The minimum atomic E-state index is -1.19. The van der Waals surface area contributed by atoms with Gasteiger partial charge in [-0.1, -0.05) is 44.5 Å². The lowest BCUT2D eigenvalue weighted by Gasteiger charge is -2.46. The number of amides is 1. The van der Waals surface area contributed by atoms with Crippen LogP contribution in [0, 0.1) is 11.3 Å². The maximum Gasteiger partial charge on any atom is 0.410 e. The van der Waals surface area contributed by atoms with Crippen molar-refractivity contribution in [3.05, 3.63) is 34.9 Å². The highest BCUT2D eigenvalue weighted by Crippen LogP contribution is 2.47. The number of nitrogens with zero attached hydrogens (tertiary/aromatic N) is 1. The third-order valence-corrected chi connectivity index (χ3v) is 7.51. The van der Waals surface area contributed by atoms with E-state index in [2.05, 4.69) is 26.1 Å². The Morgan fingerprint density at radius 2 is 1.82 bits per heavy atom. The van der Waals surface area contributed by atoms with Crippen LogP contribution in [0.3, 0.4) is 0 Å². The Kier molecular flexibility index (Phi) is 8.06. The highest BCUT2D eigenvalue weighted by molar-refractivity contribution is 6.30. The molecule has 0 aromatic heterocycles. The van der Waals surface area contributed by atoms with Crippen LogP contribution in [0.5, 0.6) is 0 Å². The van der Waals surface area contributed by atoms with Crippen LogP contribution < -0.4 is 5.32 Å². The zero-order valence-electron chi connectivity index (χ0n) is 21.5. The monoisotopic (exact) mass is 492 g/mol. The van der Waals surface area contributed by atoms with Crippen LogP contribution in [0.4, 0.5) is 4.79 Å². The third kappa shape index (κ3) is 6.32. The number of hydrogen-bond donors (Lipinski definition) is 2. The SMILES string of the molecule is CC(C)(C)OC(=O)N1CCNCC1C(=O)C(c1cccc(Cl)c1)C1(O)CCC(C(C)(C)C)CC1. The summed E-state index contributed by atoms with van der Waals surface area (Å²) in [7, 11) is 0. The highest BCUT2D eigenvalue weighted by atomic mass is 35.5. The van der Waals surface area contributed by atoms with Crippen molar-refractivity contribution >= 4 is 23.5 Å². The van der Waals surface area contributed by atoms with E-state index < -0.39 is 29.3 Å². The predicted molar refractivity (Wildman–Crippen MR) is 135 cm³/mol. The lowest BCUT2D eigenvalue weighted by Crippen LogP contribution is -2.60. The fourth-order valence-corrected chi connectivity index (χ4v) is 5.59. The van der Waals surface area contributed by atoms with E-state index >= 15 is 0 Å². The second-order valence-electron chi connectivity index (χ2n) is 12.0. The van der Waals surface area contributed by atoms with Gasteiger partial charge in [0.25, 0.3) is 0 Å². The second kappa shape index (κ2) is 10.2. The molecule has 2 fully saturated rings. The Bertz CT molecular complexity index is 881. The summed E-state index contributed by atoms with van der Waals surface area (Å²) in [5.41, 5.74) is -1.01. The lowest BCUT2D eigenvalue weighted by atomic mass is 9.63. The van der Waals surface area contributed by atoms with Crippen molar-refractivity contribution < 1.29 is 19.4 Å². The van der Waals surface area contributed by atoms with Crippen LogP contribution in [0.25, 0.3) is 0 Å². The Morgan fingerprint density at radius 3 is 2.38 bits per heavy atom. The van der Waals surface area contributed by atoms with Gasteiger partial charge in [0.15, 0.2) is 5.78 Å². The van der Waals surface area contributed by atoms with E-state index in [1.54, 1.807) is 12.1 Å². The molecule has 7 heteroatoms. The van der Waals surface area contributed by atoms with E-state index in [9.17, 15) is 14.7 Å². The van der Waals surface area contributed by atoms with E-state index in [0.29, 0.717) is 49.0 Å². The number of carbonyl (C=O) groups excluding carboxylic acids is 2. The fourth-order valence-electron chi connectivity index (χ4n) is 5.39. The van der Waals surface area contributed by atoms with Gasteiger partial charge in [-0.2, -0.15) is 0 Å². The molecule has 1 heterocycles. The molecule has 6 nitrogen and oxygen atoms in total. The minimum Gasteiger partial charge on any atom is -0.444 e. The summed E-state index contributed by atoms with van der Waals surface area (Å²) in [6, 6.07) is 6.48. The van der Waals surface area contributed by atoms with Crippen LogP contribution in [-0.2, 0) is 9.53 Å². The number of ketones is 1. The molecule has 1 saturated heterocycles. The molecule has 0 radical (unpaired) electrons. The normalized spacial score (nSPS) is 27.2. The summed E-state index contributed by atoms with van der Waals surface area (Å²) in [6.07, 6.45) is 2.27. The number of rotatable bonds is 4. The quantitative estimate of drug-likeness (QED) is 0.606. The molecule has 1 aliphatic carbocycles. The third-order valence-electron chi connectivity index (χ3n) is 7.28. The number of ether oxygens (including phenoxy) is 1. The maximum atomic E-state index is 14.2. The van der Waals surface area contributed by atoms with Gasteiger partial charge >= 0.3 is 6.09 Å². The number of piperazine rings is 1. The van der Waals surface area contributed by atoms with E-state index in [-0.39, 0.29) is 11.2 Å². The second-order valence-corrected chi connectivity index (χ2v) is 12.5. The summed E-state index contributed by atoms with van der Waals surface area (Å²) in [5.74, 6) is -0.462. The summed E-state index contributed by atoms with van der Waals surface area (Å²) in [5, 5.41) is 15.7. The smallest absolute Gasteiger partial charge is 0.410 e. The lowest BCUT2D eigenvalue weighted by molar-refractivity contribution is -0.136. The summed E-state index contributed by atoms with van der Waals surface area (Å²) in [4.78, 5) is 28.7. The van der Waals surface area contributed by atoms with E-state index in [1.807, 2.05) is 32.9 Å². The number of nitrogens with one attached hydrogen (secondary N) is 1. The first-order valence-corrected chi connectivity index (χ1v) is 12.8. The number of hydrogen-bond acceptors (Lipinski definition) is 5. The molecule has 1 saturated carbocycles. The van der Waals surface area contributed by atoms with Crippen LogP contribution in [0.2, 0.25) is 5.02 Å². The first-order valence-electron chi connectivity index (χ1n) is 12.4. The van der Waals surface area contributed by atoms with Crippen molar-refractivity contribution in [2.75, 3.05) is 19.6 Å². The van der Waals surface area contributed by atoms with Gasteiger partial charge in [0, 0.05) is 24.7 Å². The molecule has 2 atom stereocenters. The molecular weight excluding hydrogens is 452 g/mol. The molecule has 34 heavy (non-hydrogen) atoms. The van der Waals surface area contributed by atoms with Gasteiger partial charge in [-0.15, -0.1) is 0 Å². The van der Waals surface area contributed by atoms with Gasteiger partial charge in [0.1, 0.15) is 11.6 Å². The molecule has 0 spiro atoms. The average molecular weight is 493 g/mol. The van der Waals surface area contributed by atoms with E-state index in [0.717, 1.165) is 12.8 Å². The molecule has 3 rings (SSSR count). The van der Waals surface area contributed by atoms with Crippen molar-refractivity contribution in [2.45, 2.75) is 90.4 Å². The van der Waals surface area contributed by atoms with Crippen LogP contribution in [-0.4, -0.2) is 58.8 Å². The Morgan fingerprint density at radius 1 is 1.18 bits per heavy atom. The zero-order valence-corrected chi connectivity index (χ0v) is 22.2. The first kappa shape index (κ1) is 27.0. The molecule has 190 valence electrons. The molecule has 1 amide bonds. The van der Waals surface area contributed by atoms with Crippen LogP contribution >= 0.6 is 11.6 Å². The van der Waals surface area contributed by atoms with Gasteiger partial charge in [-0.05, 0) is 75.5 Å². The number of Topliss-reactive ketones (excluding diaryl/α,β-unsaturated/α-hetero) is 1. The first-order chi connectivity index (χ1) is 15.7. The molecule has 1 aliphatic heterocycles. The summed E-state index contributed by atoms with van der Waals surface area (Å²) < 4.78 is 5.61. The number of aliphatic hydroxyl groups is 1. The summed E-state index contributed by atoms with van der Waals surface area (Å²) in [6.45, 7) is 13.4. The topological polar surface area (TPSA) is 78.9 Å². The number of halogens is 1. The largest absolute Gasteiger partial charge is 0.444 e. The average Bonchev–Trinajstić information content (AvgIpc) is 2.72. The number of carbonyl (C=O) groups is 2. The standard InChI is InChI=1S/C27H41ClN2O4/c1-25(2,3)19-10-12-27(33,13-11-19)22(18-8-7-9-20(28)16-18)23(31)21-17-29-14-15-30(21)24(32)34-26(4,5)6/h7-9,16,19,21-22,29,33H,10-15,17H2,1-6H3. The van der Waals surface area contributed by atoms with Crippen molar-refractivity contribution in [1.29, 1.82) is 0 Å². The highest BCUT2D eigenvalue weighted by Gasteiger charge is 2.49. The Labute approximate surface area is 209 Å². The molecule has 2 N–H and O–H groups in total. The van der Waals surface area contributed by atoms with Crippen molar-refractivity contribution in [2.24, 2.45) is 11.3 Å². The molecule has 2 unspecified atom stereocenters. The van der Waals surface area contributed by atoms with Gasteiger partial charge in [-0.3, -0.25) is 9.69 Å². The number of benzene rings is 1. The van der Waals surface area contributed by atoms with Gasteiger partial charge in [0.05, 0.1) is 11.5 Å². The maximum absolute atomic E-state index is 14.2. The fraction of sp³-hybridized carbons (Fsp3) is 0.704.